The van der Waals surface area contributed by atoms with Crippen molar-refractivity contribution in [3.05, 3.63) is 33.0 Å². The average Bonchev–Trinajstić information content (AvgIpc) is 2.75. The van der Waals surface area contributed by atoms with E-state index in [1.165, 1.54) is 16.9 Å². The van der Waals surface area contributed by atoms with Crippen LogP contribution in [0.2, 0.25) is 0 Å². The molecule has 0 aliphatic carbocycles. The second-order valence-electron chi connectivity index (χ2n) is 4.54. The van der Waals surface area contributed by atoms with Crippen molar-refractivity contribution in [3.63, 3.8) is 0 Å². The van der Waals surface area contributed by atoms with Crippen LogP contribution < -0.4 is 5.32 Å². The van der Waals surface area contributed by atoms with Crippen LogP contribution >= 0.6 is 11.3 Å². The van der Waals surface area contributed by atoms with Gasteiger partial charge in [-0.15, -0.1) is 11.3 Å². The van der Waals surface area contributed by atoms with Crippen LogP contribution in [0.25, 0.3) is 0 Å². The summed E-state index contributed by atoms with van der Waals surface area (Å²) in [6, 6.07) is 2.23. The first-order valence-corrected chi connectivity index (χ1v) is 7.10. The first-order valence-electron chi connectivity index (χ1n) is 6.28. The van der Waals surface area contributed by atoms with Crippen molar-refractivity contribution in [3.8, 4) is 6.07 Å². The molecule has 1 aliphatic rings. The number of nitrogens with one attached hydrogen (secondary N) is 1. The molecule has 4 nitrogen and oxygen atoms in total. The highest BCUT2D eigenvalue weighted by molar-refractivity contribution is 7.12. The third kappa shape index (κ3) is 2.86. The molecule has 0 saturated heterocycles. The molecule has 2 rings (SSSR count). The van der Waals surface area contributed by atoms with Gasteiger partial charge in [0.25, 0.3) is 0 Å². The molecule has 1 aromatic heterocycles. The standard InChI is InChI=1S/C14H17N3OS/c1-10-11-5-7-17(14(18)4-3-6-16-2)9-13(11)19-12(10)8-15/h3-4,16H,5-7,9H2,1-2H3/b4-3+. The Labute approximate surface area is 117 Å². The van der Waals surface area contributed by atoms with Gasteiger partial charge in [0, 0.05) is 24.0 Å². The molecule has 0 aromatic carbocycles. The Morgan fingerprint density at radius 1 is 1.63 bits per heavy atom. The number of amides is 1. The first kappa shape index (κ1) is 13.8. The fourth-order valence-corrected chi connectivity index (χ4v) is 3.41. The number of nitrogens with zero attached hydrogens (tertiary/aromatic N) is 2. The molecule has 0 spiro atoms. The molecule has 0 bridgehead atoms. The average molecular weight is 275 g/mol. The normalized spacial score (nSPS) is 14.5. The van der Waals surface area contributed by atoms with Crippen molar-refractivity contribution in [2.75, 3.05) is 20.1 Å². The minimum atomic E-state index is 0.0467. The molecule has 1 aliphatic heterocycles. The van der Waals surface area contributed by atoms with Crippen molar-refractivity contribution >= 4 is 17.2 Å². The predicted octanol–water partition coefficient (Wildman–Crippen LogP) is 1.59. The molecule has 0 radical (unpaired) electrons. The molecule has 0 fully saturated rings. The van der Waals surface area contributed by atoms with Gasteiger partial charge in [-0.25, -0.2) is 0 Å². The maximum Gasteiger partial charge on any atom is 0.246 e. The van der Waals surface area contributed by atoms with Crippen LogP contribution in [0.4, 0.5) is 0 Å². The number of nitriles is 1. The van der Waals surface area contributed by atoms with Crippen LogP contribution in [0.5, 0.6) is 0 Å². The van der Waals surface area contributed by atoms with Crippen LogP contribution in [0, 0.1) is 18.3 Å². The van der Waals surface area contributed by atoms with Crippen molar-refractivity contribution in [1.82, 2.24) is 10.2 Å². The van der Waals surface area contributed by atoms with Crippen LogP contribution in [0.15, 0.2) is 12.2 Å². The fourth-order valence-electron chi connectivity index (χ4n) is 2.24. The zero-order valence-electron chi connectivity index (χ0n) is 11.2. The third-order valence-corrected chi connectivity index (χ3v) is 4.54. The molecular weight excluding hydrogens is 258 g/mol. The summed E-state index contributed by atoms with van der Waals surface area (Å²) >= 11 is 1.52. The van der Waals surface area contributed by atoms with E-state index in [4.69, 9.17) is 5.26 Å². The molecule has 2 heterocycles. The highest BCUT2D eigenvalue weighted by Gasteiger charge is 2.24. The Morgan fingerprint density at radius 2 is 2.42 bits per heavy atom. The van der Waals surface area contributed by atoms with Crippen LogP contribution in [0.1, 0.15) is 20.9 Å². The molecule has 19 heavy (non-hydrogen) atoms. The largest absolute Gasteiger partial charge is 0.334 e. The zero-order valence-corrected chi connectivity index (χ0v) is 12.0. The number of rotatable bonds is 3. The molecule has 5 heteroatoms. The molecular formula is C14H17N3OS. The van der Waals surface area contributed by atoms with E-state index in [1.807, 2.05) is 24.9 Å². The van der Waals surface area contributed by atoms with E-state index >= 15 is 0 Å². The van der Waals surface area contributed by atoms with Crippen molar-refractivity contribution in [2.24, 2.45) is 0 Å². The number of carbonyl (C=O) groups is 1. The van der Waals surface area contributed by atoms with Gasteiger partial charge in [0.15, 0.2) is 0 Å². The van der Waals surface area contributed by atoms with E-state index in [1.54, 1.807) is 6.08 Å². The number of hydrogen-bond donors (Lipinski definition) is 1. The van der Waals surface area contributed by atoms with Crippen LogP contribution in [-0.2, 0) is 17.8 Å². The van der Waals surface area contributed by atoms with Gasteiger partial charge in [-0.05, 0) is 31.5 Å². The van der Waals surface area contributed by atoms with E-state index in [0.717, 1.165) is 28.3 Å². The van der Waals surface area contributed by atoms with Crippen LogP contribution in [0.3, 0.4) is 0 Å². The predicted molar refractivity (Wildman–Crippen MR) is 76.0 cm³/mol. The highest BCUT2D eigenvalue weighted by Crippen LogP contribution is 2.32. The van der Waals surface area contributed by atoms with Gasteiger partial charge < -0.3 is 10.2 Å². The minimum Gasteiger partial charge on any atom is -0.334 e. The smallest absolute Gasteiger partial charge is 0.246 e. The number of hydrogen-bond acceptors (Lipinski definition) is 4. The van der Waals surface area contributed by atoms with Crippen LogP contribution in [-0.4, -0.2) is 30.9 Å². The SMILES string of the molecule is CNC/C=C/C(=O)N1CCc2c(sc(C#N)c2C)C1. The number of likely N-dealkylation sites (N-methyl/N-ethyl adjacent to an activating group) is 1. The number of carbonyl (C=O) groups excluding carboxylic acids is 1. The quantitative estimate of drug-likeness (QED) is 0.852. The van der Waals surface area contributed by atoms with Gasteiger partial charge >= 0.3 is 0 Å². The van der Waals surface area contributed by atoms with Crippen molar-refractivity contribution < 1.29 is 4.79 Å². The Morgan fingerprint density at radius 3 is 3.11 bits per heavy atom. The summed E-state index contributed by atoms with van der Waals surface area (Å²) in [4.78, 5) is 15.8. The van der Waals surface area contributed by atoms with Crippen molar-refractivity contribution in [2.45, 2.75) is 19.9 Å². The molecule has 0 saturated carbocycles. The summed E-state index contributed by atoms with van der Waals surface area (Å²) < 4.78 is 0. The van der Waals surface area contributed by atoms with Gasteiger partial charge in [0.05, 0.1) is 6.54 Å². The Hall–Kier alpha value is -1.64. The lowest BCUT2D eigenvalue weighted by molar-refractivity contribution is -0.126. The molecule has 100 valence electrons. The summed E-state index contributed by atoms with van der Waals surface area (Å²) in [6.07, 6.45) is 4.30. The maximum absolute atomic E-state index is 12.0. The van der Waals surface area contributed by atoms with E-state index < -0.39 is 0 Å². The van der Waals surface area contributed by atoms with Gasteiger partial charge in [-0.1, -0.05) is 6.08 Å². The lowest BCUT2D eigenvalue weighted by Gasteiger charge is -2.26. The van der Waals surface area contributed by atoms with Gasteiger partial charge in [0.1, 0.15) is 10.9 Å². The number of thiophene rings is 1. The Kier molecular flexibility index (Phi) is 4.35. The second-order valence-corrected chi connectivity index (χ2v) is 5.64. The Bertz CT molecular complexity index is 554. The topological polar surface area (TPSA) is 56.1 Å². The molecule has 0 atom stereocenters. The van der Waals surface area contributed by atoms with E-state index in [2.05, 4.69) is 11.4 Å². The lowest BCUT2D eigenvalue weighted by atomic mass is 10.0. The second kappa shape index (κ2) is 6.00. The van der Waals surface area contributed by atoms with E-state index in [0.29, 0.717) is 13.1 Å². The lowest BCUT2D eigenvalue weighted by Crippen LogP contribution is -2.34. The summed E-state index contributed by atoms with van der Waals surface area (Å²) in [5.41, 5.74) is 2.37. The van der Waals surface area contributed by atoms with E-state index in [-0.39, 0.29) is 5.91 Å². The summed E-state index contributed by atoms with van der Waals surface area (Å²) in [6.45, 7) is 4.06. The first-order chi connectivity index (χ1) is 9.17. The van der Waals surface area contributed by atoms with E-state index in [9.17, 15) is 4.79 Å². The summed E-state index contributed by atoms with van der Waals surface area (Å²) in [5.74, 6) is 0.0467. The van der Waals surface area contributed by atoms with Gasteiger partial charge in [-0.2, -0.15) is 5.26 Å². The molecule has 1 amide bonds. The number of fused-ring (bicyclic) bond motifs is 1. The van der Waals surface area contributed by atoms with Crippen molar-refractivity contribution in [1.29, 1.82) is 5.26 Å². The van der Waals surface area contributed by atoms with Gasteiger partial charge in [-0.3, -0.25) is 4.79 Å². The molecule has 1 aromatic rings. The summed E-state index contributed by atoms with van der Waals surface area (Å²) in [7, 11) is 1.85. The minimum absolute atomic E-state index is 0.0467. The monoisotopic (exact) mass is 275 g/mol. The molecule has 0 unspecified atom stereocenters. The summed E-state index contributed by atoms with van der Waals surface area (Å²) in [5, 5.41) is 12.0. The molecule has 1 N–H and O–H groups in total. The van der Waals surface area contributed by atoms with Gasteiger partial charge in [0.2, 0.25) is 5.91 Å². The Balaban J connectivity index is 2.10. The maximum atomic E-state index is 12.0. The zero-order chi connectivity index (χ0) is 13.8. The highest BCUT2D eigenvalue weighted by atomic mass is 32.1. The third-order valence-electron chi connectivity index (χ3n) is 3.32. The fraction of sp³-hybridized carbons (Fsp3) is 0.429.